The third-order valence-corrected chi connectivity index (χ3v) is 29.5. The first-order valence-electron chi connectivity index (χ1n) is 39.4. The number of fused-ring (bicyclic) bond motifs is 4. The van der Waals surface area contributed by atoms with Crippen molar-refractivity contribution in [3.63, 3.8) is 0 Å². The summed E-state index contributed by atoms with van der Waals surface area (Å²) in [6.45, 7) is 23.6. The van der Waals surface area contributed by atoms with Gasteiger partial charge in [0, 0.05) is 78.4 Å². The molecule has 8 heterocycles. The summed E-state index contributed by atoms with van der Waals surface area (Å²) in [5.74, 6) is 0.726. The van der Waals surface area contributed by atoms with Gasteiger partial charge in [0.25, 0.3) is 11.8 Å². The molecule has 9 rings (SSSR count). The number of thiophene rings is 6. The summed E-state index contributed by atoms with van der Waals surface area (Å²) in [7, 11) is 0. The van der Waals surface area contributed by atoms with E-state index in [-0.39, 0.29) is 17.2 Å². The van der Waals surface area contributed by atoms with Crippen molar-refractivity contribution < 1.29 is 9.59 Å². The lowest BCUT2D eigenvalue weighted by molar-refractivity contribution is -0.124. The Morgan fingerprint density at radius 3 is 1.05 bits per heavy atom. The summed E-state index contributed by atoms with van der Waals surface area (Å²) in [4.78, 5) is 51.9. The Balaban J connectivity index is 1.12. The lowest BCUT2D eigenvalue weighted by Crippen LogP contribution is -2.34. The number of carbonyl (C=O) groups excluding carboxylic acids is 2. The molecule has 97 heavy (non-hydrogen) atoms. The Morgan fingerprint density at radius 1 is 0.351 bits per heavy atom. The maximum atomic E-state index is 16.4. The highest BCUT2D eigenvalue weighted by molar-refractivity contribution is 7.29. The second-order valence-electron chi connectivity index (χ2n) is 30.7. The van der Waals surface area contributed by atoms with Gasteiger partial charge in [-0.2, -0.15) is 0 Å². The van der Waals surface area contributed by atoms with Crippen LogP contribution >= 0.6 is 68.0 Å². The van der Waals surface area contributed by atoms with Crippen molar-refractivity contribution in [3.05, 3.63) is 102 Å². The van der Waals surface area contributed by atoms with Gasteiger partial charge in [0.05, 0.1) is 32.3 Å². The van der Waals surface area contributed by atoms with Crippen LogP contribution in [-0.4, -0.2) is 34.7 Å². The summed E-state index contributed by atoms with van der Waals surface area (Å²) >= 11 is 11.2. The first kappa shape index (κ1) is 77.7. The Hall–Kier alpha value is -3.46. The summed E-state index contributed by atoms with van der Waals surface area (Å²) in [6, 6.07) is 23.3. The standard InChI is InChI=1S/C85H126N4O2S6/c1-11-17-23-29-33-39-45-61(43-37-27-21-15-5)59-88-77(75-76(82(88)91)78(71-52-50-67(94-71)68-53-54-73(95-68)83(7,8)86)89(81(75)90)60-62(44-38-28-22-16-6)46-40-34-30-24-18-12-2)70-51-49-66(93-70)65-47-48-69(92-65)72-57-63-79(96-72)80-64(58-74(97-80)84(9,10)87)85(63,55-41-35-31-25-19-13-3)56-42-36-32-26-20-14-4/h47-54,57-58,61-62H,11-46,55-56,59-60,86-87H2,1-10H3. The minimum absolute atomic E-state index is 0.00596. The molecule has 0 saturated heterocycles. The third kappa shape index (κ3) is 20.0. The monoisotopic (exact) mass is 1430 g/mol. The SMILES string of the molecule is CCCCCCCCC(CCCCCC)CN1C(=O)C2=C(c3ccc(-c4ccc(C(C)(C)N)s4)s3)N(CC(CCCCCC)CCCCCCCC)C(=O)C2=C1c1ccc(-c2ccc(-c3cc4c(s3)-c3sc(C(C)(C)N)cc3C4(CCCCCCCC)CCCCCCCC)s2)s1. The van der Waals surface area contributed by atoms with Crippen LogP contribution in [0.3, 0.4) is 0 Å². The predicted molar refractivity (Wildman–Crippen MR) is 431 cm³/mol. The molecule has 2 aliphatic heterocycles. The average Bonchev–Trinajstić information content (AvgIpc) is 1.56. The van der Waals surface area contributed by atoms with E-state index in [4.69, 9.17) is 11.5 Å². The molecular weight excluding hydrogens is 1300 g/mol. The van der Waals surface area contributed by atoms with Crippen LogP contribution in [0.4, 0.5) is 0 Å². The molecule has 0 spiro atoms. The van der Waals surface area contributed by atoms with E-state index < -0.39 is 11.1 Å². The summed E-state index contributed by atoms with van der Waals surface area (Å²) in [5.41, 5.74) is 19.0. The van der Waals surface area contributed by atoms with Gasteiger partial charge in [-0.3, -0.25) is 9.59 Å². The minimum Gasteiger partial charge on any atom is -0.321 e. The number of hydrogen-bond donors (Lipinski definition) is 2. The Bertz CT molecular complexity index is 3430. The number of hydrogen-bond acceptors (Lipinski definition) is 10. The van der Waals surface area contributed by atoms with Crippen LogP contribution in [0.25, 0.3) is 50.4 Å². The summed E-state index contributed by atoms with van der Waals surface area (Å²) < 4.78 is 0. The fraction of sp³-hybridized carbons (Fsp3) is 0.647. The molecule has 2 unspecified atom stereocenters. The molecule has 6 aromatic rings. The highest BCUT2D eigenvalue weighted by Crippen LogP contribution is 2.62. The Labute approximate surface area is 613 Å². The zero-order valence-electron chi connectivity index (χ0n) is 62.0. The van der Waals surface area contributed by atoms with Crippen molar-refractivity contribution in [1.29, 1.82) is 0 Å². The van der Waals surface area contributed by atoms with Gasteiger partial charge in [0.15, 0.2) is 0 Å². The maximum Gasteiger partial charge on any atom is 0.261 e. The number of rotatable bonds is 49. The van der Waals surface area contributed by atoms with Crippen LogP contribution in [0.5, 0.6) is 0 Å². The van der Waals surface area contributed by atoms with Crippen molar-refractivity contribution in [2.24, 2.45) is 23.3 Å². The molecular formula is C85H126N4O2S6. The van der Waals surface area contributed by atoms with Gasteiger partial charge < -0.3 is 21.3 Å². The van der Waals surface area contributed by atoms with Crippen molar-refractivity contribution in [3.8, 4) is 39.0 Å². The average molecular weight is 1430 g/mol. The van der Waals surface area contributed by atoms with E-state index in [2.05, 4.69) is 140 Å². The molecule has 2 amide bonds. The van der Waals surface area contributed by atoms with Crippen molar-refractivity contribution in [1.82, 2.24) is 9.80 Å². The lowest BCUT2D eigenvalue weighted by Gasteiger charge is -2.32. The first-order chi connectivity index (χ1) is 47.0. The quantitative estimate of drug-likeness (QED) is 0.0372. The topological polar surface area (TPSA) is 92.7 Å². The van der Waals surface area contributed by atoms with Gasteiger partial charge in [0.1, 0.15) is 0 Å². The van der Waals surface area contributed by atoms with Gasteiger partial charge in [-0.05, 0) is 150 Å². The second kappa shape index (κ2) is 38.2. The van der Waals surface area contributed by atoms with Crippen LogP contribution in [0.2, 0.25) is 0 Å². The smallest absolute Gasteiger partial charge is 0.261 e. The van der Waals surface area contributed by atoms with Gasteiger partial charge in [-0.15, -0.1) is 68.0 Å². The molecule has 0 radical (unpaired) electrons. The van der Waals surface area contributed by atoms with Crippen molar-refractivity contribution in [2.75, 3.05) is 13.1 Å². The molecule has 0 aromatic carbocycles. The van der Waals surface area contributed by atoms with Crippen LogP contribution in [0, 0.1) is 11.8 Å². The fourth-order valence-corrected chi connectivity index (χ4v) is 22.8. The Kier molecular flexibility index (Phi) is 30.6. The number of carbonyl (C=O) groups is 2. The maximum absolute atomic E-state index is 16.4. The fourth-order valence-electron chi connectivity index (χ4n) is 15.7. The first-order valence-corrected chi connectivity index (χ1v) is 44.3. The van der Waals surface area contributed by atoms with Gasteiger partial charge in [0.2, 0.25) is 0 Å². The van der Waals surface area contributed by atoms with E-state index in [1.807, 2.05) is 34.0 Å². The van der Waals surface area contributed by atoms with E-state index >= 15 is 9.59 Å². The van der Waals surface area contributed by atoms with E-state index in [9.17, 15) is 0 Å². The minimum atomic E-state index is -0.448. The molecule has 2 atom stereocenters. The molecule has 1 aliphatic carbocycles. The lowest BCUT2D eigenvalue weighted by atomic mass is 9.71. The molecule has 0 saturated carbocycles. The summed E-state index contributed by atoms with van der Waals surface area (Å²) in [6.07, 6.45) is 47.1. The largest absolute Gasteiger partial charge is 0.321 e. The number of unbranched alkanes of at least 4 members (excludes halogenated alkanes) is 26. The molecule has 3 aliphatic rings. The van der Waals surface area contributed by atoms with E-state index in [1.54, 1.807) is 45.1 Å². The molecule has 6 nitrogen and oxygen atoms in total. The second-order valence-corrected chi connectivity index (χ2v) is 37.2. The molecule has 0 bridgehead atoms. The number of nitrogens with zero attached hydrogens (tertiary/aromatic N) is 2. The number of amides is 2. The predicted octanol–water partition coefficient (Wildman–Crippen LogP) is 27.7. The molecule has 0 fully saturated rings. The van der Waals surface area contributed by atoms with Crippen LogP contribution < -0.4 is 11.5 Å². The van der Waals surface area contributed by atoms with Crippen LogP contribution in [0.15, 0.2) is 71.8 Å². The zero-order valence-corrected chi connectivity index (χ0v) is 66.9. The third-order valence-electron chi connectivity index (χ3n) is 21.4. The van der Waals surface area contributed by atoms with E-state index in [1.165, 1.54) is 257 Å². The van der Waals surface area contributed by atoms with Gasteiger partial charge in [-0.1, -0.05) is 247 Å². The molecule has 12 heteroatoms. The van der Waals surface area contributed by atoms with Gasteiger partial charge >= 0.3 is 0 Å². The molecule has 534 valence electrons. The zero-order chi connectivity index (χ0) is 69.0. The van der Waals surface area contributed by atoms with Crippen LogP contribution in [-0.2, 0) is 26.1 Å². The summed E-state index contributed by atoms with van der Waals surface area (Å²) in [5, 5.41) is 0. The Morgan fingerprint density at radius 2 is 0.660 bits per heavy atom. The van der Waals surface area contributed by atoms with Crippen LogP contribution in [0.1, 0.15) is 344 Å². The molecule has 4 N–H and O–H groups in total. The van der Waals surface area contributed by atoms with Crippen molar-refractivity contribution >= 4 is 91.2 Å². The number of nitrogens with two attached hydrogens (primary N) is 2. The highest BCUT2D eigenvalue weighted by atomic mass is 32.1. The van der Waals surface area contributed by atoms with Crippen molar-refractivity contribution in [2.45, 2.75) is 330 Å². The normalized spacial score (nSPS) is 15.3. The van der Waals surface area contributed by atoms with Gasteiger partial charge in [-0.25, -0.2) is 0 Å². The molecule has 6 aromatic heterocycles. The van der Waals surface area contributed by atoms with E-state index in [0.29, 0.717) is 36.1 Å². The highest BCUT2D eigenvalue weighted by Gasteiger charge is 2.51. The van der Waals surface area contributed by atoms with E-state index in [0.717, 1.165) is 56.6 Å².